The van der Waals surface area contributed by atoms with E-state index in [4.69, 9.17) is 5.73 Å². The van der Waals surface area contributed by atoms with Gasteiger partial charge in [-0.05, 0) is 36.6 Å². The number of hydrogen-bond donors (Lipinski definition) is 2. The van der Waals surface area contributed by atoms with Crippen LogP contribution < -0.4 is 11.1 Å². The molecule has 4 aromatic rings. The average Bonchev–Trinajstić information content (AvgIpc) is 3.47. The molecule has 28 heavy (non-hydrogen) atoms. The Morgan fingerprint density at radius 3 is 2.93 bits per heavy atom. The van der Waals surface area contributed by atoms with Gasteiger partial charge in [-0.25, -0.2) is 9.97 Å². The van der Waals surface area contributed by atoms with Crippen LogP contribution in [0.3, 0.4) is 0 Å². The number of pyridine rings is 1. The summed E-state index contributed by atoms with van der Waals surface area (Å²) in [5, 5.41) is 17.7. The molecule has 3 N–H and O–H groups in total. The fourth-order valence-electron chi connectivity index (χ4n) is 3.17. The van der Waals surface area contributed by atoms with Crippen molar-refractivity contribution in [2.45, 2.75) is 18.9 Å². The Labute approximate surface area is 160 Å². The summed E-state index contributed by atoms with van der Waals surface area (Å²) >= 11 is 0. The van der Waals surface area contributed by atoms with Crippen molar-refractivity contribution in [1.82, 2.24) is 24.7 Å². The van der Waals surface area contributed by atoms with Crippen molar-refractivity contribution in [2.24, 2.45) is 0 Å². The molecule has 1 saturated carbocycles. The number of benzene rings is 1. The molecule has 0 unspecified atom stereocenters. The van der Waals surface area contributed by atoms with Crippen LogP contribution in [0.2, 0.25) is 0 Å². The predicted octanol–water partition coefficient (Wildman–Crippen LogP) is 3.42. The molecule has 3 aromatic heterocycles. The normalized spacial score (nSPS) is 13.4. The van der Waals surface area contributed by atoms with Crippen LogP contribution in [-0.2, 0) is 0 Å². The van der Waals surface area contributed by atoms with E-state index in [1.165, 1.54) is 12.8 Å². The number of aromatic nitrogens is 5. The van der Waals surface area contributed by atoms with Crippen molar-refractivity contribution in [3.63, 3.8) is 0 Å². The summed E-state index contributed by atoms with van der Waals surface area (Å²) in [4.78, 5) is 13.1. The van der Waals surface area contributed by atoms with Crippen LogP contribution in [0, 0.1) is 11.3 Å². The molecular weight excluding hydrogens is 352 g/mol. The monoisotopic (exact) mass is 368 g/mol. The summed E-state index contributed by atoms with van der Waals surface area (Å²) in [7, 11) is 0. The van der Waals surface area contributed by atoms with Crippen LogP contribution in [0.1, 0.15) is 24.4 Å². The first kappa shape index (κ1) is 16.2. The molecule has 5 rings (SSSR count). The number of nitrogens with two attached hydrogens (primary N) is 1. The maximum atomic E-state index is 9.36. The third kappa shape index (κ3) is 2.89. The molecule has 0 saturated heterocycles. The van der Waals surface area contributed by atoms with Crippen LogP contribution in [0.15, 0.2) is 49.2 Å². The van der Waals surface area contributed by atoms with Crippen molar-refractivity contribution in [3.8, 4) is 17.2 Å². The quantitative estimate of drug-likeness (QED) is 0.530. The Bertz CT molecular complexity index is 1230. The largest absolute Gasteiger partial charge is 0.398 e. The maximum absolute atomic E-state index is 9.36. The number of nitriles is 1. The number of nitrogens with zero attached hydrogens (tertiary/aromatic N) is 6. The van der Waals surface area contributed by atoms with Gasteiger partial charge in [-0.15, -0.1) is 0 Å². The second kappa shape index (κ2) is 6.32. The van der Waals surface area contributed by atoms with Gasteiger partial charge in [0.15, 0.2) is 0 Å². The van der Waals surface area contributed by atoms with Gasteiger partial charge < -0.3 is 11.1 Å². The van der Waals surface area contributed by atoms with Gasteiger partial charge in [0.05, 0.1) is 35.1 Å². The fraction of sp³-hybridized carbons (Fsp3) is 0.150. The zero-order chi connectivity index (χ0) is 19.1. The standard InChI is InChI=1S/C20H16N8/c21-7-12-3-4-23-9-16(12)13-5-18(22)17-10-24-20(27-19(17)6-13)26-14-8-25-28(11-14)15-1-2-15/h3-6,8-11,15H,1-2,22H2,(H,24,26,27). The number of anilines is 3. The molecule has 1 aliphatic carbocycles. The van der Waals surface area contributed by atoms with E-state index in [1.807, 2.05) is 23.0 Å². The lowest BCUT2D eigenvalue weighted by Crippen LogP contribution is -1.99. The Morgan fingerprint density at radius 1 is 1.21 bits per heavy atom. The number of rotatable bonds is 4. The van der Waals surface area contributed by atoms with Gasteiger partial charge in [-0.3, -0.25) is 9.67 Å². The fourth-order valence-corrected chi connectivity index (χ4v) is 3.17. The minimum atomic E-state index is 0.464. The zero-order valence-electron chi connectivity index (χ0n) is 14.9. The molecule has 136 valence electrons. The van der Waals surface area contributed by atoms with E-state index in [9.17, 15) is 5.26 Å². The first-order valence-electron chi connectivity index (χ1n) is 8.93. The molecule has 0 bridgehead atoms. The highest BCUT2D eigenvalue weighted by atomic mass is 15.3. The highest BCUT2D eigenvalue weighted by molar-refractivity contribution is 5.95. The lowest BCUT2D eigenvalue weighted by molar-refractivity contribution is 0.642. The van der Waals surface area contributed by atoms with Gasteiger partial charge in [0.2, 0.25) is 5.95 Å². The molecular formula is C20H16N8. The van der Waals surface area contributed by atoms with E-state index in [2.05, 4.69) is 31.4 Å². The summed E-state index contributed by atoms with van der Waals surface area (Å²) in [5.41, 5.74) is 10.3. The SMILES string of the molecule is N#Cc1ccncc1-c1cc(N)c2cnc(Nc3cnn(C4CC4)c3)nc2c1. The number of nitrogens with one attached hydrogen (secondary N) is 1. The lowest BCUT2D eigenvalue weighted by Gasteiger charge is -2.09. The van der Waals surface area contributed by atoms with E-state index >= 15 is 0 Å². The van der Waals surface area contributed by atoms with Gasteiger partial charge in [0.25, 0.3) is 0 Å². The maximum Gasteiger partial charge on any atom is 0.227 e. The molecule has 1 aromatic carbocycles. The summed E-state index contributed by atoms with van der Waals surface area (Å²) in [6, 6.07) is 8.09. The lowest BCUT2D eigenvalue weighted by atomic mass is 10.0. The van der Waals surface area contributed by atoms with Gasteiger partial charge in [0, 0.05) is 41.4 Å². The van der Waals surface area contributed by atoms with E-state index in [-0.39, 0.29) is 0 Å². The second-order valence-corrected chi connectivity index (χ2v) is 6.79. The number of hydrogen-bond acceptors (Lipinski definition) is 7. The van der Waals surface area contributed by atoms with E-state index in [0.717, 1.165) is 22.2 Å². The Hall–Kier alpha value is -3.99. The van der Waals surface area contributed by atoms with Crippen molar-refractivity contribution in [2.75, 3.05) is 11.1 Å². The number of fused-ring (bicyclic) bond motifs is 1. The summed E-state index contributed by atoms with van der Waals surface area (Å²) < 4.78 is 1.96. The molecule has 8 heteroatoms. The van der Waals surface area contributed by atoms with Crippen LogP contribution in [0.25, 0.3) is 22.0 Å². The van der Waals surface area contributed by atoms with Crippen molar-refractivity contribution >= 4 is 28.2 Å². The summed E-state index contributed by atoms with van der Waals surface area (Å²) in [6.45, 7) is 0. The van der Waals surface area contributed by atoms with Gasteiger partial charge in [-0.1, -0.05) is 0 Å². The zero-order valence-corrected chi connectivity index (χ0v) is 14.9. The van der Waals surface area contributed by atoms with E-state index in [1.54, 1.807) is 30.9 Å². The van der Waals surface area contributed by atoms with Crippen LogP contribution in [0.5, 0.6) is 0 Å². The second-order valence-electron chi connectivity index (χ2n) is 6.79. The first-order valence-corrected chi connectivity index (χ1v) is 8.93. The minimum Gasteiger partial charge on any atom is -0.398 e. The molecule has 1 fully saturated rings. The molecule has 0 radical (unpaired) electrons. The number of nitrogen functional groups attached to an aromatic ring is 1. The predicted molar refractivity (Wildman–Crippen MR) is 106 cm³/mol. The summed E-state index contributed by atoms with van der Waals surface area (Å²) in [6.07, 6.45) is 11.0. The van der Waals surface area contributed by atoms with Gasteiger partial charge in [-0.2, -0.15) is 10.4 Å². The third-order valence-electron chi connectivity index (χ3n) is 4.76. The highest BCUT2D eigenvalue weighted by Crippen LogP contribution is 2.35. The molecule has 0 amide bonds. The van der Waals surface area contributed by atoms with Crippen LogP contribution in [0.4, 0.5) is 17.3 Å². The van der Waals surface area contributed by atoms with Crippen molar-refractivity contribution in [3.05, 3.63) is 54.7 Å². The third-order valence-corrected chi connectivity index (χ3v) is 4.76. The van der Waals surface area contributed by atoms with E-state index in [0.29, 0.717) is 28.8 Å². The molecule has 1 aliphatic rings. The van der Waals surface area contributed by atoms with Crippen molar-refractivity contribution < 1.29 is 0 Å². The topological polar surface area (TPSA) is 118 Å². The summed E-state index contributed by atoms with van der Waals surface area (Å²) in [5.74, 6) is 0.464. The van der Waals surface area contributed by atoms with Crippen LogP contribution in [-0.4, -0.2) is 24.7 Å². The Kier molecular flexibility index (Phi) is 3.66. The molecule has 0 atom stereocenters. The molecule has 0 aliphatic heterocycles. The van der Waals surface area contributed by atoms with Crippen molar-refractivity contribution in [1.29, 1.82) is 5.26 Å². The van der Waals surface area contributed by atoms with Gasteiger partial charge >= 0.3 is 0 Å². The van der Waals surface area contributed by atoms with E-state index < -0.39 is 0 Å². The highest BCUT2D eigenvalue weighted by Gasteiger charge is 2.24. The first-order chi connectivity index (χ1) is 13.7. The molecule has 3 heterocycles. The Balaban J connectivity index is 1.53. The Morgan fingerprint density at radius 2 is 2.11 bits per heavy atom. The smallest absolute Gasteiger partial charge is 0.227 e. The average molecular weight is 368 g/mol. The minimum absolute atomic E-state index is 0.464. The molecule has 0 spiro atoms. The molecule has 8 nitrogen and oxygen atoms in total. The van der Waals surface area contributed by atoms with Gasteiger partial charge in [0.1, 0.15) is 0 Å². The van der Waals surface area contributed by atoms with Crippen LogP contribution >= 0.6 is 0 Å².